The predicted molar refractivity (Wildman–Crippen MR) is 62.7 cm³/mol. The maximum Gasteiger partial charge on any atom is 0.393 e. The summed E-state index contributed by atoms with van der Waals surface area (Å²) < 4.78 is 36.3. The molecule has 0 aromatic heterocycles. The summed E-state index contributed by atoms with van der Waals surface area (Å²) in [5, 5.41) is 0.479. The van der Waals surface area contributed by atoms with Crippen LogP contribution >= 0.6 is 15.0 Å². The maximum atomic E-state index is 11.8. The predicted octanol–water partition coefficient (Wildman–Crippen LogP) is -0.291. The number of rotatable bonds is 5. The van der Waals surface area contributed by atoms with E-state index in [1.54, 1.807) is 0 Å². The molecule has 1 aromatic carbocycles. The fourth-order valence-corrected chi connectivity index (χ4v) is 2.73. The molecular weight excluding hydrogens is 268 g/mol. The zero-order valence-corrected chi connectivity index (χ0v) is 10.8. The average molecular weight is 281 g/mol. The summed E-state index contributed by atoms with van der Waals surface area (Å²) in [7, 11) is -6.79. The van der Waals surface area contributed by atoms with Gasteiger partial charge in [0.15, 0.2) is 0 Å². The smallest absolute Gasteiger partial charge is 0.286 e. The third-order valence-electron chi connectivity index (χ3n) is 2.11. The molecule has 1 unspecified atom stereocenters. The highest BCUT2D eigenvalue weighted by Gasteiger charge is 2.27. The average Bonchev–Trinajstić information content (AvgIpc) is 2.38. The highest BCUT2D eigenvalue weighted by atomic mass is 31.2. The van der Waals surface area contributed by atoms with E-state index >= 15 is 0 Å². The SMILES string of the molecule is CP(=O)(ON)c1ccc(P(=O)(ON)ON)cc1. The van der Waals surface area contributed by atoms with E-state index in [-0.39, 0.29) is 5.30 Å². The molecular formula is C7H13N3O5P2. The Bertz CT molecular complexity index is 469. The third-order valence-corrected chi connectivity index (χ3v) is 5.24. The topological polar surface area (TPSA) is 140 Å². The lowest BCUT2D eigenvalue weighted by atomic mass is 10.4. The Kier molecular flexibility index (Phi) is 4.60. The molecule has 1 aromatic rings. The summed E-state index contributed by atoms with van der Waals surface area (Å²) in [6.45, 7) is 1.35. The van der Waals surface area contributed by atoms with Crippen molar-refractivity contribution in [3.05, 3.63) is 24.3 Å². The molecule has 8 nitrogen and oxygen atoms in total. The van der Waals surface area contributed by atoms with Gasteiger partial charge < -0.3 is 0 Å². The lowest BCUT2D eigenvalue weighted by molar-refractivity contribution is 0.221. The normalized spacial score (nSPS) is 15.5. The van der Waals surface area contributed by atoms with E-state index in [9.17, 15) is 9.13 Å². The minimum Gasteiger partial charge on any atom is -0.286 e. The Morgan fingerprint density at radius 3 is 1.65 bits per heavy atom. The molecule has 0 aliphatic carbocycles. The molecule has 0 saturated heterocycles. The molecule has 1 rings (SSSR count). The van der Waals surface area contributed by atoms with Gasteiger partial charge in [-0.15, -0.1) is 0 Å². The molecule has 0 saturated carbocycles. The van der Waals surface area contributed by atoms with E-state index in [0.29, 0.717) is 5.30 Å². The van der Waals surface area contributed by atoms with E-state index in [4.69, 9.17) is 17.7 Å². The van der Waals surface area contributed by atoms with Crippen molar-refractivity contribution in [2.75, 3.05) is 6.66 Å². The lowest BCUT2D eigenvalue weighted by Gasteiger charge is -2.14. The first-order valence-electron chi connectivity index (χ1n) is 4.34. The monoisotopic (exact) mass is 281 g/mol. The fourth-order valence-electron chi connectivity index (χ4n) is 1.11. The van der Waals surface area contributed by atoms with Gasteiger partial charge in [-0.3, -0.25) is 9.13 Å². The molecule has 6 N–H and O–H groups in total. The van der Waals surface area contributed by atoms with Crippen LogP contribution in [0.25, 0.3) is 0 Å². The van der Waals surface area contributed by atoms with Gasteiger partial charge in [-0.2, -0.15) is 0 Å². The Morgan fingerprint density at radius 1 is 0.882 bits per heavy atom. The van der Waals surface area contributed by atoms with Crippen LogP contribution in [-0.2, 0) is 23.0 Å². The van der Waals surface area contributed by atoms with E-state index in [1.807, 2.05) is 0 Å². The number of hydrogen-bond acceptors (Lipinski definition) is 8. The Hall–Kier alpha value is -0.560. The van der Waals surface area contributed by atoms with Gasteiger partial charge in [0.1, 0.15) is 0 Å². The summed E-state index contributed by atoms with van der Waals surface area (Å²) in [5.41, 5.74) is 0. The summed E-state index contributed by atoms with van der Waals surface area (Å²) in [6, 6.07) is 5.53. The molecule has 0 heterocycles. The second kappa shape index (κ2) is 5.39. The Balaban J connectivity index is 3.12. The van der Waals surface area contributed by atoms with Crippen molar-refractivity contribution in [3.63, 3.8) is 0 Å². The van der Waals surface area contributed by atoms with Crippen LogP contribution in [0.5, 0.6) is 0 Å². The van der Waals surface area contributed by atoms with Gasteiger partial charge in [-0.05, 0) is 24.3 Å². The minimum absolute atomic E-state index is 0.128. The van der Waals surface area contributed by atoms with Crippen LogP contribution in [0, 0.1) is 0 Å². The molecule has 0 aliphatic heterocycles. The van der Waals surface area contributed by atoms with Crippen LogP contribution in [0.3, 0.4) is 0 Å². The van der Waals surface area contributed by atoms with Crippen LogP contribution in [0.1, 0.15) is 0 Å². The van der Waals surface area contributed by atoms with Gasteiger partial charge in [-0.25, -0.2) is 31.6 Å². The minimum atomic E-state index is -3.72. The van der Waals surface area contributed by atoms with Crippen LogP contribution in [-0.4, -0.2) is 6.66 Å². The van der Waals surface area contributed by atoms with Gasteiger partial charge in [0.25, 0.3) is 0 Å². The molecule has 96 valence electrons. The second-order valence-electron chi connectivity index (χ2n) is 3.18. The molecule has 0 fully saturated rings. The third kappa shape index (κ3) is 3.01. The molecule has 0 spiro atoms. The molecule has 0 amide bonds. The highest BCUT2D eigenvalue weighted by Crippen LogP contribution is 2.44. The van der Waals surface area contributed by atoms with Crippen molar-refractivity contribution in [3.8, 4) is 0 Å². The van der Waals surface area contributed by atoms with E-state index < -0.39 is 15.0 Å². The van der Waals surface area contributed by atoms with Crippen LogP contribution in [0.15, 0.2) is 24.3 Å². The first-order valence-corrected chi connectivity index (χ1v) is 7.95. The zero-order chi connectivity index (χ0) is 13.1. The molecule has 10 heteroatoms. The first kappa shape index (κ1) is 14.5. The molecule has 0 radical (unpaired) electrons. The Labute approximate surface area is 97.9 Å². The van der Waals surface area contributed by atoms with Crippen molar-refractivity contribution < 1.29 is 23.0 Å². The quantitative estimate of drug-likeness (QED) is 0.494. The molecule has 0 aliphatic rings. The van der Waals surface area contributed by atoms with Crippen LogP contribution < -0.4 is 28.3 Å². The molecule has 1 atom stereocenters. The molecule has 0 bridgehead atoms. The number of hydrogen-bond donors (Lipinski definition) is 3. The highest BCUT2D eigenvalue weighted by molar-refractivity contribution is 7.66. The van der Waals surface area contributed by atoms with Crippen molar-refractivity contribution in [1.82, 2.24) is 0 Å². The van der Waals surface area contributed by atoms with E-state index in [1.165, 1.54) is 30.9 Å². The lowest BCUT2D eigenvalue weighted by Crippen LogP contribution is -2.18. The summed E-state index contributed by atoms with van der Waals surface area (Å²) >= 11 is 0. The first-order chi connectivity index (χ1) is 7.89. The van der Waals surface area contributed by atoms with E-state index in [2.05, 4.69) is 13.9 Å². The van der Waals surface area contributed by atoms with Gasteiger partial charge in [-0.1, -0.05) is 0 Å². The maximum absolute atomic E-state index is 11.8. The number of benzene rings is 1. The van der Waals surface area contributed by atoms with Gasteiger partial charge in [0, 0.05) is 12.0 Å². The molecule has 17 heavy (non-hydrogen) atoms. The van der Waals surface area contributed by atoms with Crippen molar-refractivity contribution in [2.45, 2.75) is 0 Å². The van der Waals surface area contributed by atoms with Gasteiger partial charge in [0.2, 0.25) is 7.37 Å². The second-order valence-corrected chi connectivity index (χ2v) is 7.53. The summed E-state index contributed by atoms with van der Waals surface area (Å²) in [4.78, 5) is 0. The summed E-state index contributed by atoms with van der Waals surface area (Å²) in [6.07, 6.45) is 0. The Morgan fingerprint density at radius 2 is 1.29 bits per heavy atom. The van der Waals surface area contributed by atoms with Crippen molar-refractivity contribution in [2.24, 2.45) is 17.7 Å². The van der Waals surface area contributed by atoms with Crippen molar-refractivity contribution >= 4 is 25.6 Å². The van der Waals surface area contributed by atoms with E-state index in [0.717, 1.165) is 0 Å². The zero-order valence-electron chi connectivity index (χ0n) is 8.98. The van der Waals surface area contributed by atoms with Crippen LogP contribution in [0.2, 0.25) is 0 Å². The number of nitrogens with two attached hydrogens (primary N) is 3. The summed E-state index contributed by atoms with van der Waals surface area (Å²) in [5.74, 6) is 14.6. The fraction of sp³-hybridized carbons (Fsp3) is 0.143. The standard InChI is InChI=1S/C7H13N3O5P2/c1-16(11,13-8)6-2-4-7(5-3-6)17(12,14-9)15-10/h2-5H,8-10H2,1H3. The van der Waals surface area contributed by atoms with Gasteiger partial charge in [0.05, 0.1) is 5.30 Å². The van der Waals surface area contributed by atoms with Crippen LogP contribution in [0.4, 0.5) is 0 Å². The largest absolute Gasteiger partial charge is 0.393 e. The van der Waals surface area contributed by atoms with Crippen molar-refractivity contribution in [1.29, 1.82) is 0 Å². The van der Waals surface area contributed by atoms with Gasteiger partial charge >= 0.3 is 7.60 Å².